The van der Waals surface area contributed by atoms with Crippen LogP contribution in [0.5, 0.6) is 0 Å². The van der Waals surface area contributed by atoms with Crippen molar-refractivity contribution in [2.45, 2.75) is 23.2 Å². The van der Waals surface area contributed by atoms with Crippen molar-refractivity contribution in [3.05, 3.63) is 30.1 Å². The molecular formula is C9H12N2O7. The van der Waals surface area contributed by atoms with Crippen LogP contribution >= 0.6 is 0 Å². The molecule has 8 N–H and O–H groups in total. The average Bonchev–Trinajstić information content (AvgIpc) is 2.37. The standard InChI is InChI=1S/C9H12N2O7/c12-6(5-2-1-3-10-4-5)7(13,14)8(15,16)9(17,18)11-6/h1-4,11-18H. The van der Waals surface area contributed by atoms with Crippen LogP contribution in [0.1, 0.15) is 5.56 Å². The monoisotopic (exact) mass is 260 g/mol. The molecule has 1 aliphatic heterocycles. The summed E-state index contributed by atoms with van der Waals surface area (Å²) in [6.45, 7) is 0. The maximum atomic E-state index is 10.1. The first kappa shape index (κ1) is 13.3. The summed E-state index contributed by atoms with van der Waals surface area (Å²) >= 11 is 0. The third kappa shape index (κ3) is 1.35. The smallest absolute Gasteiger partial charge is 0.295 e. The second-order valence-electron chi connectivity index (χ2n) is 4.09. The number of rotatable bonds is 1. The second-order valence-corrected chi connectivity index (χ2v) is 4.09. The van der Waals surface area contributed by atoms with Gasteiger partial charge in [-0.1, -0.05) is 6.07 Å². The Balaban J connectivity index is 2.61. The highest BCUT2D eigenvalue weighted by Crippen LogP contribution is 2.46. The third-order valence-electron chi connectivity index (χ3n) is 2.91. The van der Waals surface area contributed by atoms with Crippen LogP contribution in [0.25, 0.3) is 0 Å². The number of nitrogens with zero attached hydrogens (tertiary/aromatic N) is 1. The van der Waals surface area contributed by atoms with Gasteiger partial charge < -0.3 is 35.7 Å². The van der Waals surface area contributed by atoms with Crippen molar-refractivity contribution in [2.24, 2.45) is 0 Å². The fourth-order valence-corrected chi connectivity index (χ4v) is 1.77. The third-order valence-corrected chi connectivity index (χ3v) is 2.91. The van der Waals surface area contributed by atoms with Crippen molar-refractivity contribution in [1.82, 2.24) is 10.3 Å². The topological polar surface area (TPSA) is 167 Å². The van der Waals surface area contributed by atoms with Gasteiger partial charge in [-0.2, -0.15) is 0 Å². The van der Waals surface area contributed by atoms with Gasteiger partial charge in [0.25, 0.3) is 17.5 Å². The van der Waals surface area contributed by atoms with E-state index in [1.807, 2.05) is 0 Å². The molecule has 1 fully saturated rings. The van der Waals surface area contributed by atoms with E-state index in [1.54, 1.807) is 0 Å². The van der Waals surface area contributed by atoms with Crippen molar-refractivity contribution in [3.8, 4) is 0 Å². The number of hydrogen-bond acceptors (Lipinski definition) is 9. The molecule has 0 radical (unpaired) electrons. The van der Waals surface area contributed by atoms with Crippen LogP contribution in [-0.4, -0.2) is 58.2 Å². The molecular weight excluding hydrogens is 248 g/mol. The van der Waals surface area contributed by atoms with Crippen LogP contribution in [0, 0.1) is 0 Å². The maximum Gasteiger partial charge on any atom is 0.295 e. The van der Waals surface area contributed by atoms with E-state index in [0.717, 1.165) is 6.20 Å². The zero-order chi connectivity index (χ0) is 13.8. The molecule has 1 unspecified atom stereocenters. The van der Waals surface area contributed by atoms with Crippen LogP contribution < -0.4 is 5.32 Å². The molecule has 1 aromatic rings. The molecule has 1 aromatic heterocycles. The van der Waals surface area contributed by atoms with E-state index in [9.17, 15) is 35.7 Å². The molecule has 2 rings (SSSR count). The van der Waals surface area contributed by atoms with E-state index in [1.165, 1.54) is 23.6 Å². The number of nitrogens with one attached hydrogen (secondary N) is 1. The number of aliphatic hydroxyl groups is 7. The minimum absolute atomic E-state index is 0.313. The van der Waals surface area contributed by atoms with Gasteiger partial charge in [-0.15, -0.1) is 0 Å². The summed E-state index contributed by atoms with van der Waals surface area (Å²) < 4.78 is 0. The van der Waals surface area contributed by atoms with Crippen LogP contribution in [0.4, 0.5) is 0 Å². The Bertz CT molecular complexity index is 461. The Morgan fingerprint density at radius 1 is 0.944 bits per heavy atom. The molecule has 0 aliphatic carbocycles. The van der Waals surface area contributed by atoms with E-state index >= 15 is 0 Å². The summed E-state index contributed by atoms with van der Waals surface area (Å²) in [5.74, 6) is -11.1. The molecule has 1 aliphatic rings. The van der Waals surface area contributed by atoms with Gasteiger partial charge in [0.15, 0.2) is 0 Å². The lowest BCUT2D eigenvalue weighted by Crippen LogP contribution is -2.66. The highest BCUT2D eigenvalue weighted by atomic mass is 16.7. The Hall–Kier alpha value is -1.17. The molecule has 1 saturated heterocycles. The van der Waals surface area contributed by atoms with E-state index in [-0.39, 0.29) is 5.56 Å². The molecule has 0 amide bonds. The van der Waals surface area contributed by atoms with Gasteiger partial charge in [0.1, 0.15) is 0 Å². The summed E-state index contributed by atoms with van der Waals surface area (Å²) in [4.78, 5) is 3.59. The van der Waals surface area contributed by atoms with Crippen molar-refractivity contribution in [3.63, 3.8) is 0 Å². The molecule has 0 spiro atoms. The lowest BCUT2D eigenvalue weighted by Gasteiger charge is -2.36. The van der Waals surface area contributed by atoms with Gasteiger partial charge in [-0.3, -0.25) is 4.98 Å². The molecule has 18 heavy (non-hydrogen) atoms. The molecule has 9 nitrogen and oxygen atoms in total. The van der Waals surface area contributed by atoms with Gasteiger partial charge >= 0.3 is 0 Å². The van der Waals surface area contributed by atoms with Gasteiger partial charge in [0.05, 0.1) is 0 Å². The predicted molar refractivity (Wildman–Crippen MR) is 52.8 cm³/mol. The molecule has 1 atom stereocenters. The number of pyridine rings is 1. The summed E-state index contributed by atoms with van der Waals surface area (Å²) in [5, 5.41) is 68.2. The molecule has 0 bridgehead atoms. The molecule has 2 heterocycles. The Kier molecular flexibility index (Phi) is 2.53. The SMILES string of the molecule is OC1(O)NC(O)(c2cccnc2)C(O)(O)C1(O)O. The molecule has 9 heteroatoms. The highest BCUT2D eigenvalue weighted by Gasteiger charge is 2.79. The number of hydrogen-bond donors (Lipinski definition) is 8. The van der Waals surface area contributed by atoms with Crippen molar-refractivity contribution in [2.75, 3.05) is 0 Å². The first-order chi connectivity index (χ1) is 8.06. The van der Waals surface area contributed by atoms with E-state index in [0.29, 0.717) is 0 Å². The lowest BCUT2D eigenvalue weighted by molar-refractivity contribution is -0.437. The maximum absolute atomic E-state index is 10.1. The highest BCUT2D eigenvalue weighted by molar-refractivity contribution is 5.27. The summed E-state index contributed by atoms with van der Waals surface area (Å²) in [6.07, 6.45) is 2.29. The van der Waals surface area contributed by atoms with Gasteiger partial charge in [-0.25, -0.2) is 5.32 Å². The summed E-state index contributed by atoms with van der Waals surface area (Å²) in [5.41, 5.74) is -3.26. The van der Waals surface area contributed by atoms with Crippen molar-refractivity contribution >= 4 is 0 Å². The normalized spacial score (nSPS) is 32.4. The summed E-state index contributed by atoms with van der Waals surface area (Å²) in [7, 11) is 0. The first-order valence-corrected chi connectivity index (χ1v) is 4.83. The molecule has 0 saturated carbocycles. The quantitative estimate of drug-likeness (QED) is 0.234. The largest absolute Gasteiger partial charge is 0.367 e. The van der Waals surface area contributed by atoms with Crippen molar-refractivity contribution in [1.29, 1.82) is 0 Å². The lowest BCUT2D eigenvalue weighted by atomic mass is 9.93. The Morgan fingerprint density at radius 2 is 1.56 bits per heavy atom. The fraction of sp³-hybridized carbons (Fsp3) is 0.444. The van der Waals surface area contributed by atoms with E-state index in [4.69, 9.17) is 0 Å². The molecule has 100 valence electrons. The van der Waals surface area contributed by atoms with Crippen LogP contribution in [0.15, 0.2) is 24.5 Å². The van der Waals surface area contributed by atoms with Gasteiger partial charge in [0.2, 0.25) is 5.72 Å². The summed E-state index contributed by atoms with van der Waals surface area (Å²) in [6, 6.07) is 2.48. The zero-order valence-electron chi connectivity index (χ0n) is 8.89. The Morgan fingerprint density at radius 3 is 1.94 bits per heavy atom. The minimum atomic E-state index is -3.84. The molecule has 0 aromatic carbocycles. The fourth-order valence-electron chi connectivity index (χ4n) is 1.77. The predicted octanol–water partition coefficient (Wildman–Crippen LogP) is -4.17. The van der Waals surface area contributed by atoms with Crippen LogP contribution in [-0.2, 0) is 5.72 Å². The van der Waals surface area contributed by atoms with Gasteiger partial charge in [-0.05, 0) is 6.07 Å². The van der Waals surface area contributed by atoms with Crippen LogP contribution in [0.3, 0.4) is 0 Å². The van der Waals surface area contributed by atoms with E-state index in [2.05, 4.69) is 4.98 Å². The minimum Gasteiger partial charge on any atom is -0.367 e. The van der Waals surface area contributed by atoms with E-state index < -0.39 is 23.2 Å². The van der Waals surface area contributed by atoms with Crippen LogP contribution in [0.2, 0.25) is 0 Å². The second kappa shape index (κ2) is 3.44. The Labute approximate surface area is 100 Å². The average molecular weight is 260 g/mol. The zero-order valence-corrected chi connectivity index (χ0v) is 8.89. The van der Waals surface area contributed by atoms with Gasteiger partial charge in [0, 0.05) is 18.0 Å². The van der Waals surface area contributed by atoms with Crippen molar-refractivity contribution < 1.29 is 35.7 Å². The number of aromatic nitrogens is 1. The first-order valence-electron chi connectivity index (χ1n) is 4.83.